The number of amides is 1. The second-order valence-corrected chi connectivity index (χ2v) is 5.64. The quantitative estimate of drug-likeness (QED) is 0.804. The molecule has 3 heterocycles. The number of anilines is 2. The summed E-state index contributed by atoms with van der Waals surface area (Å²) in [4.78, 5) is 19.2. The first-order valence-corrected chi connectivity index (χ1v) is 7.98. The van der Waals surface area contributed by atoms with Crippen LogP contribution < -0.4 is 10.2 Å². The summed E-state index contributed by atoms with van der Waals surface area (Å²) < 4.78 is 7.20. The van der Waals surface area contributed by atoms with E-state index in [1.165, 1.54) is 0 Å². The van der Waals surface area contributed by atoms with Crippen LogP contribution in [0.5, 0.6) is 0 Å². The average Bonchev–Trinajstić information content (AvgIpc) is 3.11. The SMILES string of the molecule is O=C(Nc1ccccc1N1CCOCC1)c1cccc2nccn12. The molecule has 0 unspecified atom stereocenters. The van der Waals surface area contributed by atoms with Gasteiger partial charge in [-0.2, -0.15) is 0 Å². The van der Waals surface area contributed by atoms with Crippen molar-refractivity contribution in [2.24, 2.45) is 0 Å². The van der Waals surface area contributed by atoms with Gasteiger partial charge in [0.05, 0.1) is 24.6 Å². The zero-order valence-corrected chi connectivity index (χ0v) is 13.2. The summed E-state index contributed by atoms with van der Waals surface area (Å²) in [6, 6.07) is 13.4. The zero-order valence-electron chi connectivity index (χ0n) is 13.2. The number of ether oxygens (including phenoxy) is 1. The Balaban J connectivity index is 1.63. The molecular weight excluding hydrogens is 304 g/mol. The smallest absolute Gasteiger partial charge is 0.272 e. The molecule has 1 fully saturated rings. The van der Waals surface area contributed by atoms with Crippen LogP contribution in [0.25, 0.3) is 5.65 Å². The van der Waals surface area contributed by atoms with Gasteiger partial charge in [-0.25, -0.2) is 4.98 Å². The van der Waals surface area contributed by atoms with Gasteiger partial charge in [0.15, 0.2) is 0 Å². The van der Waals surface area contributed by atoms with Gasteiger partial charge in [0.25, 0.3) is 5.91 Å². The fourth-order valence-corrected chi connectivity index (χ4v) is 2.98. The molecule has 1 amide bonds. The van der Waals surface area contributed by atoms with Crippen molar-refractivity contribution in [1.29, 1.82) is 0 Å². The van der Waals surface area contributed by atoms with Gasteiger partial charge in [0.2, 0.25) is 0 Å². The van der Waals surface area contributed by atoms with Crippen molar-refractivity contribution in [2.75, 3.05) is 36.5 Å². The molecule has 1 aromatic carbocycles. The van der Waals surface area contributed by atoms with Crippen molar-refractivity contribution in [3.63, 3.8) is 0 Å². The molecule has 2 aromatic heterocycles. The number of aromatic nitrogens is 2. The normalized spacial score (nSPS) is 14.8. The van der Waals surface area contributed by atoms with Gasteiger partial charge in [-0.3, -0.25) is 9.20 Å². The molecule has 0 radical (unpaired) electrons. The van der Waals surface area contributed by atoms with Crippen LogP contribution in [0.2, 0.25) is 0 Å². The second kappa shape index (κ2) is 6.33. The molecule has 4 rings (SSSR count). The molecule has 0 atom stereocenters. The monoisotopic (exact) mass is 322 g/mol. The van der Waals surface area contributed by atoms with E-state index in [9.17, 15) is 4.79 Å². The van der Waals surface area contributed by atoms with Crippen LogP contribution in [0, 0.1) is 0 Å². The minimum atomic E-state index is -0.153. The summed E-state index contributed by atoms with van der Waals surface area (Å²) in [6.07, 6.45) is 3.48. The molecule has 1 aliphatic rings. The van der Waals surface area contributed by atoms with Crippen molar-refractivity contribution in [3.05, 3.63) is 60.6 Å². The lowest BCUT2D eigenvalue weighted by atomic mass is 10.2. The first kappa shape index (κ1) is 14.7. The van der Waals surface area contributed by atoms with Gasteiger partial charge in [-0.1, -0.05) is 18.2 Å². The highest BCUT2D eigenvalue weighted by Crippen LogP contribution is 2.26. The molecule has 1 N–H and O–H groups in total. The standard InChI is InChI=1S/C18H18N4O2/c23-18(16-6-3-7-17-19-8-9-22(16)17)20-14-4-1-2-5-15(14)21-10-12-24-13-11-21/h1-9H,10-13H2,(H,20,23). The summed E-state index contributed by atoms with van der Waals surface area (Å²) in [7, 11) is 0. The highest BCUT2D eigenvalue weighted by molar-refractivity contribution is 6.05. The maximum Gasteiger partial charge on any atom is 0.272 e. The third kappa shape index (κ3) is 2.72. The largest absolute Gasteiger partial charge is 0.378 e. The van der Waals surface area contributed by atoms with Gasteiger partial charge < -0.3 is 15.0 Å². The maximum atomic E-state index is 12.8. The van der Waals surface area contributed by atoms with E-state index in [0.717, 1.165) is 30.1 Å². The first-order chi connectivity index (χ1) is 11.8. The van der Waals surface area contributed by atoms with E-state index in [4.69, 9.17) is 4.74 Å². The summed E-state index contributed by atoms with van der Waals surface area (Å²) in [5.74, 6) is -0.153. The summed E-state index contributed by atoms with van der Waals surface area (Å²) in [6.45, 7) is 3.06. The van der Waals surface area contributed by atoms with E-state index in [1.54, 1.807) is 22.9 Å². The third-order valence-corrected chi connectivity index (χ3v) is 4.16. The van der Waals surface area contributed by atoms with Crippen molar-refractivity contribution in [2.45, 2.75) is 0 Å². The number of nitrogens with one attached hydrogen (secondary N) is 1. The lowest BCUT2D eigenvalue weighted by Crippen LogP contribution is -2.36. The van der Waals surface area contributed by atoms with Crippen LogP contribution in [0.3, 0.4) is 0 Å². The van der Waals surface area contributed by atoms with E-state index in [2.05, 4.69) is 15.2 Å². The van der Waals surface area contributed by atoms with Crippen molar-refractivity contribution in [3.8, 4) is 0 Å². The van der Waals surface area contributed by atoms with Gasteiger partial charge in [0, 0.05) is 25.5 Å². The zero-order chi connectivity index (χ0) is 16.4. The van der Waals surface area contributed by atoms with Crippen LogP contribution in [0.1, 0.15) is 10.5 Å². The Labute approximate surface area is 139 Å². The maximum absolute atomic E-state index is 12.8. The Morgan fingerprint density at radius 2 is 1.92 bits per heavy atom. The van der Waals surface area contributed by atoms with E-state index in [0.29, 0.717) is 18.9 Å². The minimum Gasteiger partial charge on any atom is -0.378 e. The van der Waals surface area contributed by atoms with E-state index in [-0.39, 0.29) is 5.91 Å². The molecule has 0 bridgehead atoms. The lowest BCUT2D eigenvalue weighted by molar-refractivity contribution is 0.102. The molecule has 122 valence electrons. The van der Waals surface area contributed by atoms with Crippen LogP contribution >= 0.6 is 0 Å². The highest BCUT2D eigenvalue weighted by atomic mass is 16.5. The molecule has 0 aliphatic carbocycles. The van der Waals surface area contributed by atoms with Gasteiger partial charge in [-0.05, 0) is 24.3 Å². The van der Waals surface area contributed by atoms with Crippen LogP contribution in [-0.2, 0) is 4.74 Å². The summed E-state index contributed by atoms with van der Waals surface area (Å²) in [5.41, 5.74) is 3.14. The van der Waals surface area contributed by atoms with Crippen molar-refractivity contribution in [1.82, 2.24) is 9.38 Å². The number of hydrogen-bond donors (Lipinski definition) is 1. The predicted octanol–water partition coefficient (Wildman–Crippen LogP) is 2.42. The Kier molecular flexibility index (Phi) is 3.88. The van der Waals surface area contributed by atoms with E-state index >= 15 is 0 Å². The Bertz CT molecular complexity index is 868. The molecule has 1 saturated heterocycles. The Morgan fingerprint density at radius 3 is 2.79 bits per heavy atom. The van der Waals surface area contributed by atoms with Crippen LogP contribution in [0.4, 0.5) is 11.4 Å². The molecular formula is C18H18N4O2. The molecule has 6 nitrogen and oxygen atoms in total. The number of carbonyl (C=O) groups is 1. The number of carbonyl (C=O) groups excluding carboxylic acids is 1. The number of rotatable bonds is 3. The number of para-hydroxylation sites is 2. The molecule has 0 spiro atoms. The van der Waals surface area contributed by atoms with E-state index in [1.807, 2.05) is 36.4 Å². The number of benzene rings is 1. The summed E-state index contributed by atoms with van der Waals surface area (Å²) >= 11 is 0. The highest BCUT2D eigenvalue weighted by Gasteiger charge is 2.17. The number of hydrogen-bond acceptors (Lipinski definition) is 4. The van der Waals surface area contributed by atoms with Crippen molar-refractivity contribution < 1.29 is 9.53 Å². The first-order valence-electron chi connectivity index (χ1n) is 7.98. The number of fused-ring (bicyclic) bond motifs is 1. The average molecular weight is 322 g/mol. The Hall–Kier alpha value is -2.86. The Morgan fingerprint density at radius 1 is 1.08 bits per heavy atom. The fraction of sp³-hybridized carbons (Fsp3) is 0.222. The second-order valence-electron chi connectivity index (χ2n) is 5.64. The predicted molar refractivity (Wildman–Crippen MR) is 92.6 cm³/mol. The van der Waals surface area contributed by atoms with Gasteiger partial charge >= 0.3 is 0 Å². The van der Waals surface area contributed by atoms with Crippen molar-refractivity contribution >= 4 is 22.9 Å². The van der Waals surface area contributed by atoms with Crippen LogP contribution in [-0.4, -0.2) is 41.6 Å². The third-order valence-electron chi connectivity index (χ3n) is 4.16. The molecule has 24 heavy (non-hydrogen) atoms. The number of pyridine rings is 1. The fourth-order valence-electron chi connectivity index (χ4n) is 2.98. The minimum absolute atomic E-state index is 0.153. The van der Waals surface area contributed by atoms with Gasteiger partial charge in [-0.15, -0.1) is 0 Å². The number of imidazole rings is 1. The van der Waals surface area contributed by atoms with Crippen LogP contribution in [0.15, 0.2) is 54.9 Å². The van der Waals surface area contributed by atoms with E-state index < -0.39 is 0 Å². The molecule has 6 heteroatoms. The van der Waals surface area contributed by atoms with Gasteiger partial charge in [0.1, 0.15) is 11.3 Å². The molecule has 0 saturated carbocycles. The number of nitrogens with zero attached hydrogens (tertiary/aromatic N) is 3. The molecule has 1 aliphatic heterocycles. The number of morpholine rings is 1. The molecule has 3 aromatic rings. The topological polar surface area (TPSA) is 58.9 Å². The lowest BCUT2D eigenvalue weighted by Gasteiger charge is -2.30. The summed E-state index contributed by atoms with van der Waals surface area (Å²) in [5, 5.41) is 3.04.